The summed E-state index contributed by atoms with van der Waals surface area (Å²) < 4.78 is 79.2. The Balaban J connectivity index is 1.65. The first kappa shape index (κ1) is 25.2. The van der Waals surface area contributed by atoms with Crippen LogP contribution < -0.4 is 16.0 Å². The molecule has 1 fully saturated rings. The molecule has 188 valence electrons. The molecule has 36 heavy (non-hydrogen) atoms. The number of alkyl halides is 6. The van der Waals surface area contributed by atoms with Crippen LogP contribution in [-0.2, 0) is 22.7 Å². The van der Waals surface area contributed by atoms with E-state index >= 15 is 0 Å². The molecule has 1 aromatic heterocycles. The first-order valence-electron chi connectivity index (χ1n) is 10.0. The summed E-state index contributed by atoms with van der Waals surface area (Å²) in [7, 11) is 0. The summed E-state index contributed by atoms with van der Waals surface area (Å²) in [6.45, 7) is -0.780. The SMILES string of the molecule is O=C1NC(=O)C(CNC(=O)c2ccccc2-c2ccc(C(F)(F)F)cc2)(c2ncsc2C(F)(F)F)N1. The van der Waals surface area contributed by atoms with E-state index in [4.69, 9.17) is 0 Å². The van der Waals surface area contributed by atoms with Crippen molar-refractivity contribution < 1.29 is 40.7 Å². The van der Waals surface area contributed by atoms with Gasteiger partial charge in [-0.15, -0.1) is 11.3 Å². The van der Waals surface area contributed by atoms with Crippen molar-refractivity contribution in [3.63, 3.8) is 0 Å². The molecule has 0 bridgehead atoms. The Labute approximate surface area is 202 Å². The number of nitrogens with one attached hydrogen (secondary N) is 3. The molecule has 14 heteroatoms. The first-order valence-corrected chi connectivity index (χ1v) is 10.9. The predicted octanol–water partition coefficient (Wildman–Crippen LogP) is 4.31. The number of carbonyl (C=O) groups is 3. The number of thiazole rings is 1. The molecule has 2 heterocycles. The lowest BCUT2D eigenvalue weighted by atomic mass is 9.93. The average molecular weight is 528 g/mol. The quantitative estimate of drug-likeness (QED) is 0.340. The van der Waals surface area contributed by atoms with Gasteiger partial charge < -0.3 is 10.6 Å². The van der Waals surface area contributed by atoms with Gasteiger partial charge >= 0.3 is 18.4 Å². The Hall–Kier alpha value is -3.94. The molecule has 3 N–H and O–H groups in total. The van der Waals surface area contributed by atoms with Gasteiger partial charge in [0.1, 0.15) is 10.6 Å². The van der Waals surface area contributed by atoms with Crippen molar-refractivity contribution >= 4 is 29.2 Å². The van der Waals surface area contributed by atoms with Gasteiger partial charge in [-0.05, 0) is 29.3 Å². The zero-order valence-electron chi connectivity index (χ0n) is 17.8. The van der Waals surface area contributed by atoms with Crippen LogP contribution in [0.3, 0.4) is 0 Å². The Morgan fingerprint density at radius 2 is 1.64 bits per heavy atom. The topological polar surface area (TPSA) is 100 Å². The van der Waals surface area contributed by atoms with Crippen molar-refractivity contribution in [2.75, 3.05) is 6.54 Å². The number of hydrogen-bond acceptors (Lipinski definition) is 5. The molecule has 1 atom stereocenters. The lowest BCUT2D eigenvalue weighted by molar-refractivity contribution is -0.138. The van der Waals surface area contributed by atoms with Gasteiger partial charge in [-0.3, -0.25) is 14.9 Å². The van der Waals surface area contributed by atoms with Gasteiger partial charge in [0, 0.05) is 5.56 Å². The molecule has 1 saturated heterocycles. The highest BCUT2D eigenvalue weighted by molar-refractivity contribution is 7.09. The van der Waals surface area contributed by atoms with Gasteiger partial charge in [0.05, 0.1) is 17.6 Å². The summed E-state index contributed by atoms with van der Waals surface area (Å²) in [5, 5.41) is 6.33. The van der Waals surface area contributed by atoms with Crippen molar-refractivity contribution in [1.82, 2.24) is 20.9 Å². The second-order valence-corrected chi connectivity index (χ2v) is 8.50. The smallest absolute Gasteiger partial charge is 0.349 e. The van der Waals surface area contributed by atoms with Crippen LogP contribution in [0.25, 0.3) is 11.1 Å². The van der Waals surface area contributed by atoms with E-state index in [1.54, 1.807) is 6.07 Å². The molecule has 1 aliphatic rings. The van der Waals surface area contributed by atoms with Crippen LogP contribution in [-0.4, -0.2) is 29.4 Å². The fourth-order valence-electron chi connectivity index (χ4n) is 3.70. The molecule has 1 unspecified atom stereocenters. The molecule has 4 amide bonds. The molecule has 7 nitrogen and oxygen atoms in total. The molecule has 4 rings (SSSR count). The van der Waals surface area contributed by atoms with Gasteiger partial charge in [0.15, 0.2) is 5.54 Å². The minimum absolute atomic E-state index is 0.0218. The summed E-state index contributed by atoms with van der Waals surface area (Å²) >= 11 is 0.218. The summed E-state index contributed by atoms with van der Waals surface area (Å²) in [4.78, 5) is 39.9. The van der Waals surface area contributed by atoms with Crippen LogP contribution in [0, 0.1) is 0 Å². The fraction of sp³-hybridized carbons (Fsp3) is 0.182. The van der Waals surface area contributed by atoms with E-state index in [0.717, 1.165) is 17.6 Å². The summed E-state index contributed by atoms with van der Waals surface area (Å²) in [5.74, 6) is -1.98. The van der Waals surface area contributed by atoms with E-state index in [1.807, 2.05) is 5.32 Å². The zero-order valence-corrected chi connectivity index (χ0v) is 18.6. The second kappa shape index (κ2) is 8.93. The van der Waals surface area contributed by atoms with E-state index < -0.39 is 58.4 Å². The zero-order chi connectivity index (χ0) is 26.3. The molecule has 0 spiro atoms. The van der Waals surface area contributed by atoms with Crippen molar-refractivity contribution in [3.8, 4) is 11.1 Å². The Kier molecular flexibility index (Phi) is 6.24. The highest BCUT2D eigenvalue weighted by Gasteiger charge is 2.54. The van der Waals surface area contributed by atoms with Crippen molar-refractivity contribution in [2.24, 2.45) is 0 Å². The normalized spacial score (nSPS) is 18.1. The number of hydrogen-bond donors (Lipinski definition) is 3. The Morgan fingerprint density at radius 1 is 0.972 bits per heavy atom. The van der Waals surface area contributed by atoms with E-state index in [2.05, 4.69) is 15.6 Å². The van der Waals surface area contributed by atoms with Gasteiger partial charge in [-0.2, -0.15) is 26.3 Å². The third-order valence-corrected chi connectivity index (χ3v) is 6.25. The highest BCUT2D eigenvalue weighted by Crippen LogP contribution is 2.40. The van der Waals surface area contributed by atoms with E-state index in [1.165, 1.54) is 30.3 Å². The largest absolute Gasteiger partial charge is 0.427 e. The average Bonchev–Trinajstić information content (AvgIpc) is 3.42. The maximum Gasteiger partial charge on any atom is 0.427 e. The number of carbonyl (C=O) groups excluding carboxylic acids is 3. The molecule has 0 aliphatic carbocycles. The second-order valence-electron chi connectivity index (χ2n) is 7.64. The lowest BCUT2D eigenvalue weighted by Gasteiger charge is -2.26. The van der Waals surface area contributed by atoms with Crippen LogP contribution in [0.1, 0.15) is 26.5 Å². The third kappa shape index (κ3) is 4.63. The van der Waals surface area contributed by atoms with E-state index in [-0.39, 0.29) is 28.0 Å². The van der Waals surface area contributed by atoms with Gasteiger partial charge in [-0.1, -0.05) is 30.3 Å². The number of halogens is 6. The van der Waals surface area contributed by atoms with E-state index in [0.29, 0.717) is 0 Å². The number of urea groups is 1. The standard InChI is InChI=1S/C22H14F6N4O3S/c23-21(24,25)12-7-5-11(6-8-12)13-3-1-2-4-14(13)17(33)29-9-20(18(34)31-19(35)32-20)15-16(22(26,27)28)36-10-30-15/h1-8,10H,9H2,(H,29,33)(H2,31,32,34,35). The molecule has 0 radical (unpaired) electrons. The third-order valence-electron chi connectivity index (χ3n) is 5.38. The van der Waals surface area contributed by atoms with Crippen molar-refractivity contribution in [1.29, 1.82) is 0 Å². The minimum atomic E-state index is -4.88. The molecule has 3 aromatic rings. The summed E-state index contributed by atoms with van der Waals surface area (Å²) in [6, 6.07) is 8.81. The molecular formula is C22H14F6N4O3S. The van der Waals surface area contributed by atoms with Gasteiger partial charge in [0.25, 0.3) is 11.8 Å². The molecule has 2 aromatic carbocycles. The molecule has 0 saturated carbocycles. The number of amides is 4. The van der Waals surface area contributed by atoms with E-state index in [9.17, 15) is 40.7 Å². The number of rotatable bonds is 5. The maximum atomic E-state index is 13.5. The lowest BCUT2D eigenvalue weighted by Crippen LogP contribution is -2.53. The van der Waals surface area contributed by atoms with Crippen molar-refractivity contribution in [2.45, 2.75) is 17.9 Å². The number of benzene rings is 2. The van der Waals surface area contributed by atoms with Crippen LogP contribution >= 0.6 is 11.3 Å². The number of nitrogens with zero attached hydrogens (tertiary/aromatic N) is 1. The number of imide groups is 1. The Morgan fingerprint density at radius 3 is 2.22 bits per heavy atom. The van der Waals surface area contributed by atoms with Crippen molar-refractivity contribution in [3.05, 3.63) is 75.7 Å². The van der Waals surface area contributed by atoms with Gasteiger partial charge in [-0.25, -0.2) is 9.78 Å². The molecule has 1 aliphatic heterocycles. The summed E-state index contributed by atoms with van der Waals surface area (Å²) in [5.41, 5.74) is -2.65. The summed E-state index contributed by atoms with van der Waals surface area (Å²) in [6.07, 6.45) is -9.43. The van der Waals surface area contributed by atoms with Gasteiger partial charge in [0.2, 0.25) is 0 Å². The van der Waals surface area contributed by atoms with Crippen LogP contribution in [0.5, 0.6) is 0 Å². The van der Waals surface area contributed by atoms with Crippen LogP contribution in [0.4, 0.5) is 31.1 Å². The maximum absolute atomic E-state index is 13.5. The van der Waals surface area contributed by atoms with Crippen LogP contribution in [0.2, 0.25) is 0 Å². The highest BCUT2D eigenvalue weighted by atomic mass is 32.1. The monoisotopic (exact) mass is 528 g/mol. The Bertz CT molecular complexity index is 1340. The first-order chi connectivity index (χ1) is 16.8. The number of aromatic nitrogens is 1. The predicted molar refractivity (Wildman–Crippen MR) is 115 cm³/mol. The fourth-order valence-corrected chi connectivity index (χ4v) is 4.43. The van der Waals surface area contributed by atoms with Crippen LogP contribution in [0.15, 0.2) is 54.0 Å². The minimum Gasteiger partial charge on any atom is -0.349 e. The molecular weight excluding hydrogens is 514 g/mol.